The largest absolute Gasteiger partial charge is 0.355 e. The third kappa shape index (κ3) is 3.20. The molecule has 1 amide bonds. The van der Waals surface area contributed by atoms with Gasteiger partial charge >= 0.3 is 0 Å². The molecule has 2 aromatic carbocycles. The van der Waals surface area contributed by atoms with Gasteiger partial charge in [0.15, 0.2) is 11.6 Å². The number of para-hydroxylation sites is 2. The van der Waals surface area contributed by atoms with Gasteiger partial charge in [0.05, 0.1) is 23.0 Å². The Balaban J connectivity index is 1.55. The third-order valence-corrected chi connectivity index (χ3v) is 7.16. The molecule has 0 saturated carbocycles. The molecule has 0 spiro atoms. The van der Waals surface area contributed by atoms with Crippen LogP contribution in [0.25, 0.3) is 11.0 Å². The number of likely N-dealkylation sites (N-methyl/N-ethyl adjacent to an activating group) is 1. The molecule has 2 aliphatic rings. The van der Waals surface area contributed by atoms with Gasteiger partial charge in [-0.05, 0) is 49.2 Å². The molecule has 3 heterocycles. The minimum absolute atomic E-state index is 0.160. The minimum atomic E-state index is -3.37. The Hall–Kier alpha value is -3.20. The van der Waals surface area contributed by atoms with Gasteiger partial charge in [-0.3, -0.25) is 14.0 Å². The van der Waals surface area contributed by atoms with E-state index < -0.39 is 10.0 Å². The molecule has 31 heavy (non-hydrogen) atoms. The van der Waals surface area contributed by atoms with Gasteiger partial charge in [0.1, 0.15) is 0 Å². The van der Waals surface area contributed by atoms with Crippen LogP contribution in [0.15, 0.2) is 42.5 Å². The van der Waals surface area contributed by atoms with E-state index in [1.165, 1.54) is 10.6 Å². The summed E-state index contributed by atoms with van der Waals surface area (Å²) < 4.78 is 25.8. The molecule has 2 aliphatic heterocycles. The molecule has 0 radical (unpaired) electrons. The predicted molar refractivity (Wildman–Crippen MR) is 121 cm³/mol. The van der Waals surface area contributed by atoms with E-state index in [9.17, 15) is 13.2 Å². The summed E-state index contributed by atoms with van der Waals surface area (Å²) in [5.74, 6) is 1.06. The van der Waals surface area contributed by atoms with E-state index in [4.69, 9.17) is 9.97 Å². The maximum atomic E-state index is 13.5. The normalized spacial score (nSPS) is 18.3. The maximum absolute atomic E-state index is 13.5. The Labute approximate surface area is 181 Å². The Bertz CT molecular complexity index is 1320. The van der Waals surface area contributed by atoms with Crippen LogP contribution in [0, 0.1) is 0 Å². The second-order valence-electron chi connectivity index (χ2n) is 8.19. The molecule has 0 bridgehead atoms. The molecular weight excluding hydrogens is 414 g/mol. The van der Waals surface area contributed by atoms with Crippen molar-refractivity contribution < 1.29 is 13.2 Å². The number of carbonyl (C=O) groups excluding carboxylic acids is 1. The number of fused-ring (bicyclic) bond motifs is 3. The predicted octanol–water partition coefficient (Wildman–Crippen LogP) is 2.44. The lowest BCUT2D eigenvalue weighted by Crippen LogP contribution is -2.43. The van der Waals surface area contributed by atoms with Crippen molar-refractivity contribution >= 4 is 44.3 Å². The molecular formula is C22H23N5O3S. The monoisotopic (exact) mass is 437 g/mol. The molecule has 1 aromatic heterocycles. The minimum Gasteiger partial charge on any atom is -0.355 e. The zero-order chi connectivity index (χ0) is 21.9. The maximum Gasteiger partial charge on any atom is 0.259 e. The summed E-state index contributed by atoms with van der Waals surface area (Å²) in [6.07, 6.45) is 1.79. The van der Waals surface area contributed by atoms with Crippen LogP contribution < -0.4 is 14.1 Å². The number of nitrogens with zero attached hydrogens (tertiary/aromatic N) is 5. The average Bonchev–Trinajstić information content (AvgIpc) is 3.07. The quantitative estimate of drug-likeness (QED) is 0.612. The highest BCUT2D eigenvalue weighted by Gasteiger charge is 2.34. The SMILES string of the molecule is CC1Cc2cc(C(=O)N3CCN(C)c4nc5ccccc5nc43)ccc2N1S(C)(=O)=O. The molecule has 3 aromatic rings. The van der Waals surface area contributed by atoms with Crippen LogP contribution in [-0.2, 0) is 16.4 Å². The smallest absolute Gasteiger partial charge is 0.259 e. The number of amides is 1. The molecule has 0 fully saturated rings. The lowest BCUT2D eigenvalue weighted by Gasteiger charge is -2.33. The second kappa shape index (κ2) is 6.91. The van der Waals surface area contributed by atoms with E-state index in [2.05, 4.69) is 0 Å². The summed E-state index contributed by atoms with van der Waals surface area (Å²) in [6, 6.07) is 12.7. The fourth-order valence-corrected chi connectivity index (χ4v) is 5.74. The van der Waals surface area contributed by atoms with Crippen LogP contribution in [0.4, 0.5) is 17.3 Å². The van der Waals surface area contributed by atoms with Crippen molar-refractivity contribution in [1.82, 2.24) is 9.97 Å². The lowest BCUT2D eigenvalue weighted by atomic mass is 10.1. The number of benzene rings is 2. The van der Waals surface area contributed by atoms with Gasteiger partial charge in [0.2, 0.25) is 10.0 Å². The highest BCUT2D eigenvalue weighted by Crippen LogP contribution is 2.36. The van der Waals surface area contributed by atoms with Crippen LogP contribution in [0.3, 0.4) is 0 Å². The van der Waals surface area contributed by atoms with Crippen LogP contribution in [0.2, 0.25) is 0 Å². The first-order valence-corrected chi connectivity index (χ1v) is 12.0. The molecule has 0 aliphatic carbocycles. The molecule has 0 saturated heterocycles. The first kappa shape index (κ1) is 19.7. The summed E-state index contributed by atoms with van der Waals surface area (Å²) in [6.45, 7) is 3.02. The Morgan fingerprint density at radius 1 is 1.03 bits per heavy atom. The summed E-state index contributed by atoms with van der Waals surface area (Å²) in [5, 5.41) is 0. The third-order valence-electron chi connectivity index (χ3n) is 5.89. The molecule has 5 rings (SSSR count). The highest BCUT2D eigenvalue weighted by atomic mass is 32.2. The second-order valence-corrected chi connectivity index (χ2v) is 10.1. The van der Waals surface area contributed by atoms with Crippen LogP contribution in [0.1, 0.15) is 22.8 Å². The highest BCUT2D eigenvalue weighted by molar-refractivity contribution is 7.92. The molecule has 1 atom stereocenters. The topological polar surface area (TPSA) is 86.7 Å². The van der Waals surface area contributed by atoms with E-state index >= 15 is 0 Å². The van der Waals surface area contributed by atoms with E-state index in [-0.39, 0.29) is 11.9 Å². The number of hydrogen-bond acceptors (Lipinski definition) is 6. The lowest BCUT2D eigenvalue weighted by molar-refractivity contribution is 0.0986. The fourth-order valence-electron chi connectivity index (χ4n) is 4.48. The van der Waals surface area contributed by atoms with Gasteiger partial charge in [-0.25, -0.2) is 18.4 Å². The van der Waals surface area contributed by atoms with Crippen molar-refractivity contribution in [2.24, 2.45) is 0 Å². The van der Waals surface area contributed by atoms with E-state index in [0.29, 0.717) is 42.4 Å². The Kier molecular flexibility index (Phi) is 4.40. The Morgan fingerprint density at radius 3 is 2.39 bits per heavy atom. The Morgan fingerprint density at radius 2 is 1.71 bits per heavy atom. The number of sulfonamides is 1. The van der Waals surface area contributed by atoms with E-state index in [0.717, 1.165) is 16.6 Å². The van der Waals surface area contributed by atoms with Crippen LogP contribution in [0.5, 0.6) is 0 Å². The molecule has 8 nitrogen and oxygen atoms in total. The van der Waals surface area contributed by atoms with Crippen molar-refractivity contribution in [2.75, 3.05) is 40.5 Å². The molecule has 160 valence electrons. The van der Waals surface area contributed by atoms with Gasteiger partial charge in [-0.2, -0.15) is 0 Å². The number of hydrogen-bond donors (Lipinski definition) is 0. The summed E-state index contributed by atoms with van der Waals surface area (Å²) >= 11 is 0. The van der Waals surface area contributed by atoms with Crippen molar-refractivity contribution in [2.45, 2.75) is 19.4 Å². The van der Waals surface area contributed by atoms with Crippen molar-refractivity contribution in [3.8, 4) is 0 Å². The standard InChI is InChI=1S/C22H23N5O3S/c1-14-12-16-13-15(8-9-19(16)27(14)31(3,29)30)22(28)26-11-10-25(2)20-21(26)24-18-7-5-4-6-17(18)23-20/h4-9,13-14H,10-12H2,1-3H3. The van der Waals surface area contributed by atoms with E-state index in [1.54, 1.807) is 17.0 Å². The zero-order valence-corrected chi connectivity index (χ0v) is 18.4. The van der Waals surface area contributed by atoms with Gasteiger partial charge < -0.3 is 4.90 Å². The van der Waals surface area contributed by atoms with Crippen molar-refractivity contribution in [3.63, 3.8) is 0 Å². The summed E-state index contributed by atoms with van der Waals surface area (Å²) in [7, 11) is -1.43. The van der Waals surface area contributed by atoms with Crippen LogP contribution >= 0.6 is 0 Å². The molecule has 1 unspecified atom stereocenters. The van der Waals surface area contributed by atoms with Crippen molar-refractivity contribution in [3.05, 3.63) is 53.6 Å². The van der Waals surface area contributed by atoms with E-state index in [1.807, 2.05) is 49.2 Å². The van der Waals surface area contributed by atoms with Gasteiger partial charge in [0.25, 0.3) is 5.91 Å². The fraction of sp³-hybridized carbons (Fsp3) is 0.318. The number of anilines is 3. The number of aromatic nitrogens is 2. The molecule has 9 heteroatoms. The first-order valence-electron chi connectivity index (χ1n) is 10.2. The van der Waals surface area contributed by atoms with Gasteiger partial charge in [0, 0.05) is 31.7 Å². The van der Waals surface area contributed by atoms with Crippen molar-refractivity contribution in [1.29, 1.82) is 0 Å². The molecule has 0 N–H and O–H groups in total. The van der Waals surface area contributed by atoms with Gasteiger partial charge in [-0.15, -0.1) is 0 Å². The summed E-state index contributed by atoms with van der Waals surface area (Å²) in [4.78, 5) is 26.6. The van der Waals surface area contributed by atoms with Gasteiger partial charge in [-0.1, -0.05) is 12.1 Å². The first-order chi connectivity index (χ1) is 14.7. The number of rotatable bonds is 2. The van der Waals surface area contributed by atoms with Crippen LogP contribution in [-0.4, -0.2) is 56.7 Å². The zero-order valence-electron chi connectivity index (χ0n) is 17.6. The summed E-state index contributed by atoms with van der Waals surface area (Å²) in [5.41, 5.74) is 3.56. The average molecular weight is 438 g/mol. The number of carbonyl (C=O) groups is 1.